The molecule has 0 aromatic heterocycles. The van der Waals surface area contributed by atoms with Crippen LogP contribution in [0.1, 0.15) is 12.8 Å². The highest BCUT2D eigenvalue weighted by atomic mass is 35.5. The molecule has 0 saturated carbocycles. The maximum Gasteiger partial charge on any atom is 0.243 e. The van der Waals surface area contributed by atoms with Crippen LogP contribution in [0.2, 0.25) is 0 Å². The van der Waals surface area contributed by atoms with Gasteiger partial charge in [-0.25, -0.2) is 8.42 Å². The molecule has 52 heavy (non-hydrogen) atoms. The van der Waals surface area contributed by atoms with Gasteiger partial charge in [0.1, 0.15) is 18.4 Å². The second-order valence-electron chi connectivity index (χ2n) is 12.9. The number of sulfonamides is 1. The number of nitrogens with one attached hydrogen (secondary N) is 1. The molecule has 0 unspecified atom stereocenters. The second-order valence-corrected chi connectivity index (χ2v) is 14.8. The summed E-state index contributed by atoms with van der Waals surface area (Å²) >= 11 is 0. The number of piperidine rings is 1. The molecular formula is C41H42ClN5O4S. The van der Waals surface area contributed by atoms with E-state index in [1.807, 2.05) is 99.0 Å². The van der Waals surface area contributed by atoms with E-state index >= 15 is 0 Å². The van der Waals surface area contributed by atoms with Gasteiger partial charge in [-0.15, -0.1) is 0 Å². The van der Waals surface area contributed by atoms with Crippen LogP contribution in [0.25, 0.3) is 33.4 Å². The highest BCUT2D eigenvalue weighted by Crippen LogP contribution is 2.44. The average molecular weight is 736 g/mol. The Morgan fingerprint density at radius 3 is 2.25 bits per heavy atom. The van der Waals surface area contributed by atoms with Gasteiger partial charge in [0, 0.05) is 96.9 Å². The predicted molar refractivity (Wildman–Crippen MR) is 204 cm³/mol. The number of carbonyl (C=O) groups is 1. The average Bonchev–Trinajstić information content (AvgIpc) is 3.18. The maximum absolute atomic E-state index is 14.5. The Morgan fingerprint density at radius 1 is 0.865 bits per heavy atom. The Balaban J connectivity index is 0.00000464. The smallest absolute Gasteiger partial charge is 0.243 e. The van der Waals surface area contributed by atoms with E-state index in [-0.39, 0.29) is 42.2 Å². The largest absolute Gasteiger partial charge is 1.00 e. The van der Waals surface area contributed by atoms with E-state index in [1.54, 1.807) is 12.1 Å². The van der Waals surface area contributed by atoms with Gasteiger partial charge in [-0.3, -0.25) is 4.79 Å². The van der Waals surface area contributed by atoms with Crippen LogP contribution in [0.5, 0.6) is 0 Å². The Labute approximate surface area is 310 Å². The van der Waals surface area contributed by atoms with Gasteiger partial charge in [0.2, 0.25) is 27.0 Å². The molecule has 9 nitrogen and oxygen atoms in total. The molecule has 3 N–H and O–H groups in total. The summed E-state index contributed by atoms with van der Waals surface area (Å²) in [5, 5.41) is 4.58. The number of rotatable bonds is 9. The number of hydrogen-bond acceptors (Lipinski definition) is 6. The summed E-state index contributed by atoms with van der Waals surface area (Å²) < 4.78 is 39.3. The Bertz CT molecular complexity index is 2340. The molecule has 4 aromatic rings. The third kappa shape index (κ3) is 7.20. The van der Waals surface area contributed by atoms with E-state index < -0.39 is 10.0 Å². The van der Waals surface area contributed by atoms with Crippen molar-refractivity contribution in [2.75, 3.05) is 45.2 Å². The van der Waals surface area contributed by atoms with E-state index in [0.717, 1.165) is 38.9 Å². The van der Waals surface area contributed by atoms with Gasteiger partial charge in [-0.05, 0) is 49.2 Å². The molecule has 0 atom stereocenters. The molecule has 0 radical (unpaired) electrons. The van der Waals surface area contributed by atoms with Crippen LogP contribution >= 0.6 is 0 Å². The normalized spacial score (nSPS) is 14.5. The minimum absolute atomic E-state index is 0. The molecule has 4 aromatic carbocycles. The van der Waals surface area contributed by atoms with E-state index in [4.69, 9.17) is 10.2 Å². The van der Waals surface area contributed by atoms with Crippen LogP contribution < -0.4 is 38.3 Å². The summed E-state index contributed by atoms with van der Waals surface area (Å²) in [7, 11) is 0.0995. The van der Waals surface area contributed by atoms with Gasteiger partial charge in [0.25, 0.3) is 0 Å². The zero-order valence-electron chi connectivity index (χ0n) is 29.2. The molecule has 1 saturated heterocycles. The highest BCUT2D eigenvalue weighted by Gasteiger charge is 2.34. The second kappa shape index (κ2) is 15.7. The summed E-state index contributed by atoms with van der Waals surface area (Å²) in [5.74, 6) is 0.320. The van der Waals surface area contributed by atoms with Crippen LogP contribution in [0.3, 0.4) is 0 Å². The van der Waals surface area contributed by atoms with Gasteiger partial charge in [-0.2, -0.15) is 8.88 Å². The Kier molecular flexibility index (Phi) is 11.1. The van der Waals surface area contributed by atoms with Crippen molar-refractivity contribution in [2.45, 2.75) is 17.7 Å². The molecule has 2 aliphatic heterocycles. The summed E-state index contributed by atoms with van der Waals surface area (Å²) in [6, 6.07) is 39.5. The number of anilines is 2. The molecule has 11 heteroatoms. The van der Waals surface area contributed by atoms with Gasteiger partial charge >= 0.3 is 0 Å². The van der Waals surface area contributed by atoms with Crippen molar-refractivity contribution >= 4 is 44.0 Å². The van der Waals surface area contributed by atoms with Gasteiger partial charge in [0.05, 0.1) is 11.0 Å². The molecule has 268 valence electrons. The van der Waals surface area contributed by atoms with E-state index in [9.17, 15) is 13.2 Å². The van der Waals surface area contributed by atoms with Crippen molar-refractivity contribution in [3.63, 3.8) is 0 Å². The number of halogens is 1. The fraction of sp³-hybridized carbons (Fsp3) is 0.220. The third-order valence-electron chi connectivity index (χ3n) is 9.79. The molecular weight excluding hydrogens is 694 g/mol. The quantitative estimate of drug-likeness (QED) is 0.175. The molecule has 1 amide bonds. The summed E-state index contributed by atoms with van der Waals surface area (Å²) in [6.07, 6.45) is 0.895. The van der Waals surface area contributed by atoms with Crippen molar-refractivity contribution in [3.05, 3.63) is 127 Å². The first kappa shape index (κ1) is 36.8. The van der Waals surface area contributed by atoms with Crippen LogP contribution in [-0.2, 0) is 14.8 Å². The molecule has 2 heterocycles. The number of hydrogen-bond donors (Lipinski definition) is 2. The Morgan fingerprint density at radius 2 is 1.54 bits per heavy atom. The zero-order chi connectivity index (χ0) is 35.5. The lowest BCUT2D eigenvalue weighted by atomic mass is 9.93. The predicted octanol–water partition coefficient (Wildman–Crippen LogP) is 3.19. The lowest BCUT2D eigenvalue weighted by Gasteiger charge is -2.31. The first-order valence-electron chi connectivity index (χ1n) is 17.2. The lowest BCUT2D eigenvalue weighted by Crippen LogP contribution is -3.00. The number of amides is 1. The van der Waals surface area contributed by atoms with Crippen LogP contribution in [0, 0.1) is 5.92 Å². The van der Waals surface area contributed by atoms with Crippen LogP contribution in [0.15, 0.2) is 131 Å². The first-order chi connectivity index (χ1) is 24.8. The van der Waals surface area contributed by atoms with Crippen molar-refractivity contribution in [1.29, 1.82) is 0 Å². The lowest BCUT2D eigenvalue weighted by molar-refractivity contribution is -0.126. The van der Waals surface area contributed by atoms with Crippen LogP contribution in [-0.4, -0.2) is 58.9 Å². The number of fused-ring (bicyclic) bond motifs is 2. The van der Waals surface area contributed by atoms with Crippen LogP contribution in [0.4, 0.5) is 17.1 Å². The first-order valence-corrected chi connectivity index (χ1v) is 18.7. The molecule has 0 spiro atoms. The highest BCUT2D eigenvalue weighted by molar-refractivity contribution is 7.89. The number of benzene rings is 5. The fourth-order valence-corrected chi connectivity index (χ4v) is 8.58. The third-order valence-corrected chi connectivity index (χ3v) is 11.7. The number of carbonyl (C=O) groups excluding carboxylic acids is 1. The van der Waals surface area contributed by atoms with Gasteiger partial charge in [-0.1, -0.05) is 54.6 Å². The maximum atomic E-state index is 14.5. The van der Waals surface area contributed by atoms with Gasteiger partial charge < -0.3 is 32.8 Å². The van der Waals surface area contributed by atoms with E-state index in [0.29, 0.717) is 42.8 Å². The van der Waals surface area contributed by atoms with Crippen molar-refractivity contribution in [2.24, 2.45) is 11.7 Å². The summed E-state index contributed by atoms with van der Waals surface area (Å²) in [5.41, 5.74) is 11.4. The van der Waals surface area contributed by atoms with Crippen molar-refractivity contribution in [3.8, 4) is 22.5 Å². The van der Waals surface area contributed by atoms with Gasteiger partial charge in [0.15, 0.2) is 0 Å². The number of para-hydroxylation sites is 2. The van der Waals surface area contributed by atoms with E-state index in [1.165, 1.54) is 4.31 Å². The molecule has 0 bridgehead atoms. The molecule has 3 aliphatic rings. The Hall–Kier alpha value is -5.00. The monoisotopic (exact) mass is 735 g/mol. The standard InChI is InChI=1S/C41H41N5O4S.ClH/c1-44(30-11-5-3-6-12-30)32-17-19-34-37(27-32)50-38-28-33(45(2)31-13-7-4-8-14-31)18-20-35(38)40(34)36-15-9-10-16-39(36)51(48,49)46-25-21-29(22-26-46)41(47)43-24-23-42;/h3-20,27-29H,21-26,42H2,1-2H3;1H. The minimum atomic E-state index is -3.92. The molecule has 7 rings (SSSR count). The van der Waals surface area contributed by atoms with Crippen molar-refractivity contribution in [1.82, 2.24) is 14.2 Å². The topological polar surface area (TPSA) is 112 Å². The fourth-order valence-electron chi connectivity index (χ4n) is 6.91. The van der Waals surface area contributed by atoms with Crippen molar-refractivity contribution < 1.29 is 30.0 Å². The summed E-state index contributed by atoms with van der Waals surface area (Å²) in [6.45, 7) is 1.28. The number of nitrogens with zero attached hydrogens (tertiary/aromatic N) is 3. The SMILES string of the molecule is CN(c1ccccc1)c1ccc2c(-c3ccccc3S(=O)(=O)N3CCC(C(=O)NCCN)CC3)c3ccc(=[N+](C)c4ccccc4)cc-3oc2c1.[Cl-]. The number of nitrogens with two attached hydrogens (primary N) is 1. The molecule has 1 fully saturated rings. The van der Waals surface area contributed by atoms with E-state index in [2.05, 4.69) is 39.1 Å². The minimum Gasteiger partial charge on any atom is -1.00 e. The summed E-state index contributed by atoms with van der Waals surface area (Å²) in [4.78, 5) is 14.9. The zero-order valence-corrected chi connectivity index (χ0v) is 30.8. The molecule has 1 aliphatic carbocycles.